The molecule has 5 heteroatoms. The third kappa shape index (κ3) is 3.14. The van der Waals surface area contributed by atoms with Crippen molar-refractivity contribution in [2.45, 2.75) is 32.0 Å². The van der Waals surface area contributed by atoms with Crippen LogP contribution in [0.3, 0.4) is 0 Å². The maximum Gasteiger partial charge on any atom is 0.147 e. The zero-order valence-electron chi connectivity index (χ0n) is 12.7. The van der Waals surface area contributed by atoms with Crippen molar-refractivity contribution in [3.8, 4) is 0 Å². The van der Waals surface area contributed by atoms with E-state index in [4.69, 9.17) is 4.74 Å². The molecule has 0 aliphatic heterocycles. The number of ether oxygens (including phenoxy) is 1. The minimum Gasteiger partial charge on any atom is -0.383 e. The molecule has 1 heterocycles. The third-order valence-corrected chi connectivity index (χ3v) is 4.28. The summed E-state index contributed by atoms with van der Waals surface area (Å²) in [5.74, 6) is 1.01. The number of hydrogen-bond donors (Lipinski definition) is 0. The smallest absolute Gasteiger partial charge is 0.147 e. The Balaban J connectivity index is 1.63. The molecular weight excluding hydrogens is 264 g/mol. The molecule has 0 bridgehead atoms. The van der Waals surface area contributed by atoms with E-state index >= 15 is 0 Å². The van der Waals surface area contributed by atoms with Crippen LogP contribution in [0.4, 0.5) is 0 Å². The number of rotatable bonds is 6. The highest BCUT2D eigenvalue weighted by molar-refractivity contribution is 5.33. The van der Waals surface area contributed by atoms with Crippen molar-refractivity contribution in [1.29, 1.82) is 0 Å². The van der Waals surface area contributed by atoms with Gasteiger partial charge in [0, 0.05) is 19.7 Å². The van der Waals surface area contributed by atoms with E-state index in [0.717, 1.165) is 31.8 Å². The van der Waals surface area contributed by atoms with E-state index in [2.05, 4.69) is 51.0 Å². The summed E-state index contributed by atoms with van der Waals surface area (Å²) in [7, 11) is 3.89. The highest BCUT2D eigenvalue weighted by Gasteiger charge is 2.25. The number of hydrogen-bond acceptors (Lipinski definition) is 4. The van der Waals surface area contributed by atoms with Crippen molar-refractivity contribution in [2.24, 2.45) is 0 Å². The molecule has 0 fully saturated rings. The topological polar surface area (TPSA) is 43.2 Å². The quantitative estimate of drug-likeness (QED) is 0.807. The third-order valence-electron chi connectivity index (χ3n) is 4.28. The van der Waals surface area contributed by atoms with Crippen LogP contribution in [-0.4, -0.2) is 46.5 Å². The van der Waals surface area contributed by atoms with E-state index < -0.39 is 0 Å². The summed E-state index contributed by atoms with van der Waals surface area (Å²) in [6, 6.07) is 9.29. The van der Waals surface area contributed by atoms with Gasteiger partial charge in [-0.3, -0.25) is 4.90 Å². The molecule has 0 spiro atoms. The second-order valence-corrected chi connectivity index (χ2v) is 5.68. The van der Waals surface area contributed by atoms with E-state index in [0.29, 0.717) is 12.6 Å². The van der Waals surface area contributed by atoms with Crippen LogP contribution in [-0.2, 0) is 30.7 Å². The fourth-order valence-electron chi connectivity index (χ4n) is 2.98. The monoisotopic (exact) mass is 286 g/mol. The maximum absolute atomic E-state index is 5.13. The lowest BCUT2D eigenvalue weighted by atomic mass is 10.1. The molecule has 0 saturated carbocycles. The lowest BCUT2D eigenvalue weighted by Crippen LogP contribution is -2.32. The number of aromatic nitrogens is 3. The standard InChI is InChI=1S/C16H22N4O/c1-19(11-16-18-17-12-20(16)7-8-21-2)15-9-13-5-3-4-6-14(13)10-15/h3-6,12,15H,7-11H2,1-2H3. The van der Waals surface area contributed by atoms with Crippen molar-refractivity contribution in [3.05, 3.63) is 47.5 Å². The lowest BCUT2D eigenvalue weighted by molar-refractivity contribution is 0.182. The number of likely N-dealkylation sites (N-methyl/N-ethyl adjacent to an activating group) is 1. The first-order valence-corrected chi connectivity index (χ1v) is 7.40. The number of nitrogens with zero attached hydrogens (tertiary/aromatic N) is 4. The lowest BCUT2D eigenvalue weighted by Gasteiger charge is -2.23. The Morgan fingerprint density at radius 3 is 2.67 bits per heavy atom. The van der Waals surface area contributed by atoms with Crippen LogP contribution in [0.5, 0.6) is 0 Å². The minimum absolute atomic E-state index is 0.551. The van der Waals surface area contributed by atoms with Crippen molar-refractivity contribution < 1.29 is 4.74 Å². The molecule has 0 N–H and O–H groups in total. The zero-order chi connectivity index (χ0) is 14.7. The molecule has 0 saturated heterocycles. The van der Waals surface area contributed by atoms with Crippen molar-refractivity contribution in [2.75, 3.05) is 20.8 Å². The van der Waals surface area contributed by atoms with Gasteiger partial charge >= 0.3 is 0 Å². The molecule has 2 aromatic rings. The Morgan fingerprint density at radius 2 is 2.00 bits per heavy atom. The van der Waals surface area contributed by atoms with Gasteiger partial charge in [-0.05, 0) is 31.0 Å². The summed E-state index contributed by atoms with van der Waals surface area (Å²) >= 11 is 0. The number of methoxy groups -OCH3 is 1. The van der Waals surface area contributed by atoms with Gasteiger partial charge in [0.15, 0.2) is 0 Å². The molecule has 0 unspecified atom stereocenters. The molecule has 1 aromatic carbocycles. The molecule has 0 atom stereocenters. The fourth-order valence-corrected chi connectivity index (χ4v) is 2.98. The molecule has 0 amide bonds. The maximum atomic E-state index is 5.13. The van der Waals surface area contributed by atoms with Gasteiger partial charge < -0.3 is 9.30 Å². The second-order valence-electron chi connectivity index (χ2n) is 5.68. The van der Waals surface area contributed by atoms with Gasteiger partial charge in [0.2, 0.25) is 0 Å². The van der Waals surface area contributed by atoms with Gasteiger partial charge in [-0.1, -0.05) is 24.3 Å². The van der Waals surface area contributed by atoms with Crippen LogP contribution < -0.4 is 0 Å². The van der Waals surface area contributed by atoms with E-state index in [-0.39, 0.29) is 0 Å². The van der Waals surface area contributed by atoms with Crippen LogP contribution in [0, 0.1) is 0 Å². The normalized spacial score (nSPS) is 14.8. The Kier molecular flexibility index (Phi) is 4.31. The van der Waals surface area contributed by atoms with Gasteiger partial charge in [0.05, 0.1) is 13.2 Å². The number of fused-ring (bicyclic) bond motifs is 1. The van der Waals surface area contributed by atoms with Crippen LogP contribution in [0.25, 0.3) is 0 Å². The second kappa shape index (κ2) is 6.37. The molecule has 1 aliphatic rings. The summed E-state index contributed by atoms with van der Waals surface area (Å²) < 4.78 is 7.20. The first-order valence-electron chi connectivity index (χ1n) is 7.40. The van der Waals surface area contributed by atoms with E-state index in [9.17, 15) is 0 Å². The van der Waals surface area contributed by atoms with Gasteiger partial charge in [-0.15, -0.1) is 10.2 Å². The Bertz CT molecular complexity index is 570. The highest BCUT2D eigenvalue weighted by Crippen LogP contribution is 2.25. The summed E-state index contributed by atoms with van der Waals surface area (Å²) in [6.07, 6.45) is 4.03. The van der Waals surface area contributed by atoms with Crippen LogP contribution in [0.15, 0.2) is 30.6 Å². The summed E-state index contributed by atoms with van der Waals surface area (Å²) in [4.78, 5) is 2.38. The molecule has 1 aromatic heterocycles. The average Bonchev–Trinajstić information content (AvgIpc) is 3.11. The Labute approximate surface area is 125 Å². The Hall–Kier alpha value is -1.72. The molecule has 112 valence electrons. The largest absolute Gasteiger partial charge is 0.383 e. The average molecular weight is 286 g/mol. The SMILES string of the molecule is COCCn1cnnc1CN(C)C1Cc2ccccc2C1. The van der Waals surface area contributed by atoms with Gasteiger partial charge in [-0.25, -0.2) is 0 Å². The van der Waals surface area contributed by atoms with E-state index in [1.54, 1.807) is 13.4 Å². The van der Waals surface area contributed by atoms with Crippen molar-refractivity contribution in [1.82, 2.24) is 19.7 Å². The van der Waals surface area contributed by atoms with E-state index in [1.807, 2.05) is 0 Å². The summed E-state index contributed by atoms with van der Waals surface area (Å²) in [6.45, 7) is 2.31. The minimum atomic E-state index is 0.551. The summed E-state index contributed by atoms with van der Waals surface area (Å²) in [5, 5.41) is 8.27. The van der Waals surface area contributed by atoms with Crippen molar-refractivity contribution in [3.63, 3.8) is 0 Å². The zero-order valence-corrected chi connectivity index (χ0v) is 12.7. The molecular formula is C16H22N4O. The fraction of sp³-hybridized carbons (Fsp3) is 0.500. The Morgan fingerprint density at radius 1 is 1.29 bits per heavy atom. The number of benzene rings is 1. The predicted octanol–water partition coefficient (Wildman–Crippen LogP) is 1.52. The molecule has 5 nitrogen and oxygen atoms in total. The first kappa shape index (κ1) is 14.2. The first-order chi connectivity index (χ1) is 10.3. The molecule has 3 rings (SSSR count). The van der Waals surface area contributed by atoms with Gasteiger partial charge in [0.25, 0.3) is 0 Å². The molecule has 1 aliphatic carbocycles. The van der Waals surface area contributed by atoms with Crippen LogP contribution in [0.2, 0.25) is 0 Å². The van der Waals surface area contributed by atoms with Gasteiger partial charge in [0.1, 0.15) is 12.2 Å². The highest BCUT2D eigenvalue weighted by atomic mass is 16.5. The van der Waals surface area contributed by atoms with Crippen LogP contribution in [0.1, 0.15) is 17.0 Å². The van der Waals surface area contributed by atoms with Crippen molar-refractivity contribution >= 4 is 0 Å². The van der Waals surface area contributed by atoms with Crippen LogP contribution >= 0.6 is 0 Å². The molecule has 0 radical (unpaired) electrons. The van der Waals surface area contributed by atoms with E-state index in [1.165, 1.54) is 11.1 Å². The molecule has 21 heavy (non-hydrogen) atoms. The van der Waals surface area contributed by atoms with Gasteiger partial charge in [-0.2, -0.15) is 0 Å². The predicted molar refractivity (Wildman–Crippen MR) is 81.0 cm³/mol. The summed E-state index contributed by atoms with van der Waals surface area (Å²) in [5.41, 5.74) is 2.96.